The molecular formula is C73H142O17P2. The van der Waals surface area contributed by atoms with E-state index in [0.29, 0.717) is 25.7 Å². The number of phosphoric ester groups is 2. The summed E-state index contributed by atoms with van der Waals surface area (Å²) in [6.45, 7) is 9.50. The number of carbonyl (C=O) groups is 4. The zero-order valence-corrected chi connectivity index (χ0v) is 61.6. The maximum Gasteiger partial charge on any atom is 0.472 e. The van der Waals surface area contributed by atoms with E-state index in [9.17, 15) is 43.2 Å². The molecular weight excluding hydrogens is 1210 g/mol. The van der Waals surface area contributed by atoms with Crippen LogP contribution in [0.3, 0.4) is 0 Å². The van der Waals surface area contributed by atoms with Crippen LogP contribution in [0.4, 0.5) is 0 Å². The first-order chi connectivity index (χ1) is 44.4. The van der Waals surface area contributed by atoms with Crippen LogP contribution >= 0.6 is 15.6 Å². The Hall–Kier alpha value is -1.94. The van der Waals surface area contributed by atoms with Gasteiger partial charge < -0.3 is 33.8 Å². The van der Waals surface area contributed by atoms with Crippen LogP contribution < -0.4 is 0 Å². The van der Waals surface area contributed by atoms with Crippen LogP contribution in [-0.4, -0.2) is 96.7 Å². The van der Waals surface area contributed by atoms with Crippen LogP contribution in [0.1, 0.15) is 375 Å². The second-order valence-corrected chi connectivity index (χ2v) is 30.0. The molecule has 0 aliphatic rings. The molecule has 0 fully saturated rings. The maximum absolute atomic E-state index is 13.1. The molecule has 0 aromatic heterocycles. The van der Waals surface area contributed by atoms with Gasteiger partial charge in [0.1, 0.15) is 19.3 Å². The number of hydrogen-bond donors (Lipinski definition) is 3. The summed E-state index contributed by atoms with van der Waals surface area (Å²) < 4.78 is 68.3. The van der Waals surface area contributed by atoms with Gasteiger partial charge in [0.15, 0.2) is 12.2 Å². The highest BCUT2D eigenvalue weighted by Crippen LogP contribution is 2.45. The number of aliphatic hydroxyl groups is 1. The lowest BCUT2D eigenvalue weighted by molar-refractivity contribution is -0.161. The minimum Gasteiger partial charge on any atom is -0.462 e. The molecule has 0 saturated carbocycles. The molecule has 3 N–H and O–H groups in total. The molecule has 0 aliphatic carbocycles. The first-order valence-corrected chi connectivity index (χ1v) is 41.0. The zero-order chi connectivity index (χ0) is 67.9. The average Bonchev–Trinajstić information content (AvgIpc) is 1.49. The Morgan fingerprint density at radius 1 is 0.315 bits per heavy atom. The minimum atomic E-state index is -4.95. The van der Waals surface area contributed by atoms with Gasteiger partial charge in [-0.15, -0.1) is 0 Å². The lowest BCUT2D eigenvalue weighted by Gasteiger charge is -2.21. The van der Waals surface area contributed by atoms with E-state index in [0.717, 1.165) is 108 Å². The molecule has 546 valence electrons. The molecule has 3 unspecified atom stereocenters. The largest absolute Gasteiger partial charge is 0.472 e. The Bertz CT molecular complexity index is 1790. The van der Waals surface area contributed by atoms with E-state index in [1.165, 1.54) is 186 Å². The van der Waals surface area contributed by atoms with Gasteiger partial charge in [0, 0.05) is 25.7 Å². The molecule has 17 nitrogen and oxygen atoms in total. The predicted octanol–water partition coefficient (Wildman–Crippen LogP) is 21.2. The van der Waals surface area contributed by atoms with Crippen LogP contribution in [0, 0.1) is 11.8 Å². The molecule has 0 radical (unpaired) electrons. The van der Waals surface area contributed by atoms with Crippen molar-refractivity contribution in [2.45, 2.75) is 394 Å². The molecule has 0 bridgehead atoms. The van der Waals surface area contributed by atoms with Crippen LogP contribution in [0.15, 0.2) is 0 Å². The standard InChI is InChI=1S/C73H142O17P2/c1-7-10-12-14-16-18-19-20-21-22-23-24-25-26-27-30-34-38-45-51-57-72(77)89-68(61-84-71(76)56-50-44-37-33-31-28-29-32-35-41-47-53-65(4)5)63-87-91(79,80)85-59-67(74)60-86-92(81,82)88-64-69(62-83-70(75)55-49-43-36-17-15-13-11-8-2)90-73(78)58-52-46-40-39-42-48-54-66(6)9-3/h65-69,74H,7-64H2,1-6H3,(H,79,80)(H,81,82)/t66?,67-,68-,69-/m1/s1. The summed E-state index contributed by atoms with van der Waals surface area (Å²) in [6, 6.07) is 0. The van der Waals surface area contributed by atoms with Crippen LogP contribution in [0.2, 0.25) is 0 Å². The second-order valence-electron chi connectivity index (χ2n) is 27.1. The SMILES string of the molecule is CCCCCCCCCCCCCCCCCCCCCCC(=O)O[C@H](COC(=O)CCCCCCCCCCCCCC(C)C)COP(=O)(O)OC[C@@H](O)COP(=O)(O)OC[C@@H](COC(=O)CCCCCCCCCC)OC(=O)CCCCCCCCC(C)CC. The number of phosphoric acid groups is 2. The molecule has 0 rings (SSSR count). The Balaban J connectivity index is 5.18. The van der Waals surface area contributed by atoms with E-state index >= 15 is 0 Å². The van der Waals surface area contributed by atoms with Gasteiger partial charge in [0.05, 0.1) is 26.4 Å². The monoisotopic (exact) mass is 1350 g/mol. The fourth-order valence-corrected chi connectivity index (χ4v) is 12.7. The fourth-order valence-electron chi connectivity index (χ4n) is 11.1. The van der Waals surface area contributed by atoms with Crippen LogP contribution in [0.5, 0.6) is 0 Å². The van der Waals surface area contributed by atoms with Gasteiger partial charge in [-0.2, -0.15) is 0 Å². The lowest BCUT2D eigenvalue weighted by atomic mass is 10.00. The number of unbranched alkanes of at least 4 members (excludes halogenated alkanes) is 41. The highest BCUT2D eigenvalue weighted by Gasteiger charge is 2.30. The Kier molecular flexibility index (Phi) is 63.7. The number of rotatable bonds is 72. The van der Waals surface area contributed by atoms with Crippen molar-refractivity contribution >= 4 is 39.5 Å². The van der Waals surface area contributed by atoms with Gasteiger partial charge in [-0.3, -0.25) is 37.3 Å². The second kappa shape index (κ2) is 65.0. The van der Waals surface area contributed by atoms with E-state index in [1.54, 1.807) is 0 Å². The normalized spacial score (nSPS) is 14.4. The summed E-state index contributed by atoms with van der Waals surface area (Å²) in [5.74, 6) is -0.635. The van der Waals surface area contributed by atoms with Gasteiger partial charge >= 0.3 is 39.5 Å². The fraction of sp³-hybridized carbons (Fsp3) is 0.945. The molecule has 0 aliphatic heterocycles. The van der Waals surface area contributed by atoms with Crippen molar-refractivity contribution in [3.63, 3.8) is 0 Å². The van der Waals surface area contributed by atoms with E-state index in [2.05, 4.69) is 41.5 Å². The van der Waals surface area contributed by atoms with Crippen molar-refractivity contribution in [3.05, 3.63) is 0 Å². The summed E-state index contributed by atoms with van der Waals surface area (Å²) in [5.41, 5.74) is 0. The van der Waals surface area contributed by atoms with Crippen molar-refractivity contribution in [1.29, 1.82) is 0 Å². The van der Waals surface area contributed by atoms with Gasteiger partial charge in [-0.1, -0.05) is 324 Å². The van der Waals surface area contributed by atoms with Crippen molar-refractivity contribution in [2.24, 2.45) is 11.8 Å². The topological polar surface area (TPSA) is 237 Å². The highest BCUT2D eigenvalue weighted by molar-refractivity contribution is 7.47. The highest BCUT2D eigenvalue weighted by atomic mass is 31.2. The van der Waals surface area contributed by atoms with Crippen molar-refractivity contribution in [3.8, 4) is 0 Å². The molecule has 0 heterocycles. The summed E-state index contributed by atoms with van der Waals surface area (Å²) in [6.07, 6.45) is 51.6. The number of ether oxygens (including phenoxy) is 4. The summed E-state index contributed by atoms with van der Waals surface area (Å²) in [4.78, 5) is 72.5. The third-order valence-corrected chi connectivity index (χ3v) is 19.2. The summed E-state index contributed by atoms with van der Waals surface area (Å²) in [5, 5.41) is 10.6. The van der Waals surface area contributed by atoms with Gasteiger partial charge in [-0.25, -0.2) is 9.13 Å². The predicted molar refractivity (Wildman–Crippen MR) is 372 cm³/mol. The molecule has 0 saturated heterocycles. The van der Waals surface area contributed by atoms with E-state index in [4.69, 9.17) is 37.0 Å². The summed E-state index contributed by atoms with van der Waals surface area (Å²) in [7, 11) is -9.90. The molecule has 0 spiro atoms. The van der Waals surface area contributed by atoms with E-state index in [1.807, 2.05) is 0 Å². The van der Waals surface area contributed by atoms with Crippen LogP contribution in [-0.2, 0) is 65.4 Å². The lowest BCUT2D eigenvalue weighted by Crippen LogP contribution is -2.30. The third-order valence-electron chi connectivity index (χ3n) is 17.3. The number of esters is 4. The smallest absolute Gasteiger partial charge is 0.462 e. The summed E-state index contributed by atoms with van der Waals surface area (Å²) >= 11 is 0. The maximum atomic E-state index is 13.1. The van der Waals surface area contributed by atoms with Crippen LogP contribution in [0.25, 0.3) is 0 Å². The zero-order valence-electron chi connectivity index (χ0n) is 59.9. The number of aliphatic hydroxyl groups excluding tert-OH is 1. The van der Waals surface area contributed by atoms with Gasteiger partial charge in [0.25, 0.3) is 0 Å². The van der Waals surface area contributed by atoms with Crippen molar-refractivity contribution in [2.75, 3.05) is 39.6 Å². The minimum absolute atomic E-state index is 0.103. The third kappa shape index (κ3) is 65.4. The first-order valence-electron chi connectivity index (χ1n) is 38.0. The quantitative estimate of drug-likeness (QED) is 0.0222. The first kappa shape index (κ1) is 90.1. The Labute approximate surface area is 562 Å². The van der Waals surface area contributed by atoms with Crippen molar-refractivity contribution < 1.29 is 80.2 Å². The Morgan fingerprint density at radius 3 is 0.826 bits per heavy atom. The molecule has 92 heavy (non-hydrogen) atoms. The number of hydrogen-bond acceptors (Lipinski definition) is 15. The van der Waals surface area contributed by atoms with Crippen molar-refractivity contribution in [1.82, 2.24) is 0 Å². The van der Waals surface area contributed by atoms with Gasteiger partial charge in [0.2, 0.25) is 0 Å². The van der Waals surface area contributed by atoms with E-state index in [-0.39, 0.29) is 25.7 Å². The molecule has 0 aromatic carbocycles. The number of carbonyl (C=O) groups excluding carboxylic acids is 4. The van der Waals surface area contributed by atoms with Gasteiger partial charge in [-0.05, 0) is 37.5 Å². The Morgan fingerprint density at radius 2 is 0.554 bits per heavy atom. The molecule has 0 amide bonds. The molecule has 6 atom stereocenters. The van der Waals surface area contributed by atoms with E-state index < -0.39 is 97.5 Å². The molecule has 0 aromatic rings. The molecule has 19 heteroatoms. The average molecular weight is 1350 g/mol.